The third-order valence-electron chi connectivity index (χ3n) is 7.48. The fourth-order valence-electron chi connectivity index (χ4n) is 5.58. The van der Waals surface area contributed by atoms with Crippen LogP contribution in [0.4, 0.5) is 0 Å². The molecule has 3 unspecified atom stereocenters. The summed E-state index contributed by atoms with van der Waals surface area (Å²) in [6.07, 6.45) is 17.5. The Morgan fingerprint density at radius 3 is 2.22 bits per heavy atom. The van der Waals surface area contributed by atoms with Crippen LogP contribution >= 0.6 is 0 Å². The second kappa shape index (κ2) is 8.36. The summed E-state index contributed by atoms with van der Waals surface area (Å²) in [5.74, 6) is 2.97. The van der Waals surface area contributed by atoms with Crippen LogP contribution in [0, 0.1) is 29.6 Å². The SMILES string of the molecule is CC1CCC2OC(C3CCC(/C=C/C4CCC(C(=O)O)CC4)CC3)=NC2C1. The Morgan fingerprint density at radius 1 is 0.963 bits per heavy atom. The summed E-state index contributed by atoms with van der Waals surface area (Å²) < 4.78 is 6.26. The van der Waals surface area contributed by atoms with E-state index in [9.17, 15) is 4.79 Å². The molecule has 3 atom stereocenters. The van der Waals surface area contributed by atoms with E-state index in [1.165, 1.54) is 44.9 Å². The van der Waals surface area contributed by atoms with Gasteiger partial charge < -0.3 is 9.84 Å². The minimum Gasteiger partial charge on any atom is -0.481 e. The Kier molecular flexibility index (Phi) is 5.89. The summed E-state index contributed by atoms with van der Waals surface area (Å²) in [5.41, 5.74) is 0. The highest BCUT2D eigenvalue weighted by molar-refractivity contribution is 5.80. The molecule has 1 heterocycles. The van der Waals surface area contributed by atoms with Gasteiger partial charge in [-0.15, -0.1) is 0 Å². The van der Waals surface area contributed by atoms with Gasteiger partial charge in [-0.25, -0.2) is 4.99 Å². The number of carboxylic acid groups (broad SMARTS) is 1. The van der Waals surface area contributed by atoms with Crippen molar-refractivity contribution in [1.29, 1.82) is 0 Å². The van der Waals surface area contributed by atoms with Gasteiger partial charge in [-0.3, -0.25) is 4.79 Å². The number of aliphatic imine (C=N–C) groups is 1. The molecule has 0 spiro atoms. The Labute approximate surface area is 163 Å². The summed E-state index contributed by atoms with van der Waals surface area (Å²) in [5, 5.41) is 9.12. The van der Waals surface area contributed by atoms with E-state index in [0.717, 1.165) is 37.5 Å². The van der Waals surface area contributed by atoms with Crippen molar-refractivity contribution < 1.29 is 14.6 Å². The molecule has 0 bridgehead atoms. The maximum absolute atomic E-state index is 11.1. The lowest BCUT2D eigenvalue weighted by atomic mass is 9.79. The van der Waals surface area contributed by atoms with E-state index in [2.05, 4.69) is 19.1 Å². The van der Waals surface area contributed by atoms with Crippen molar-refractivity contribution >= 4 is 11.9 Å². The van der Waals surface area contributed by atoms with Crippen LogP contribution in [0.1, 0.15) is 77.6 Å². The van der Waals surface area contributed by atoms with Gasteiger partial charge in [0.2, 0.25) is 0 Å². The van der Waals surface area contributed by atoms with Gasteiger partial charge >= 0.3 is 5.97 Å². The molecule has 3 aliphatic carbocycles. The number of ether oxygens (including phenoxy) is 1. The van der Waals surface area contributed by atoms with Crippen LogP contribution in [0.5, 0.6) is 0 Å². The van der Waals surface area contributed by atoms with E-state index >= 15 is 0 Å². The Morgan fingerprint density at radius 2 is 1.59 bits per heavy atom. The molecule has 1 aliphatic heterocycles. The van der Waals surface area contributed by atoms with Gasteiger partial charge in [0, 0.05) is 5.92 Å². The third kappa shape index (κ3) is 4.57. The van der Waals surface area contributed by atoms with Crippen LogP contribution in [0.15, 0.2) is 17.1 Å². The number of nitrogens with zero attached hydrogens (tertiary/aromatic N) is 1. The van der Waals surface area contributed by atoms with E-state index in [1.54, 1.807) is 0 Å². The van der Waals surface area contributed by atoms with Gasteiger partial charge in [-0.1, -0.05) is 19.1 Å². The quantitative estimate of drug-likeness (QED) is 0.687. The second-order valence-electron chi connectivity index (χ2n) is 9.56. The van der Waals surface area contributed by atoms with Crippen LogP contribution in [-0.2, 0) is 9.53 Å². The van der Waals surface area contributed by atoms with Gasteiger partial charge in [-0.05, 0) is 88.4 Å². The highest BCUT2D eigenvalue weighted by Gasteiger charge is 2.38. The number of aliphatic carboxylic acids is 1. The first-order chi connectivity index (χ1) is 13.1. The molecular formula is C23H35NO3. The molecule has 0 aromatic carbocycles. The maximum Gasteiger partial charge on any atom is 0.306 e. The van der Waals surface area contributed by atoms with E-state index in [0.29, 0.717) is 29.9 Å². The van der Waals surface area contributed by atoms with Gasteiger partial charge in [0.1, 0.15) is 6.10 Å². The van der Waals surface area contributed by atoms with E-state index in [-0.39, 0.29) is 5.92 Å². The molecule has 0 aromatic heterocycles. The number of allylic oxidation sites excluding steroid dienone is 2. The first-order valence-electron chi connectivity index (χ1n) is 11.2. The molecular weight excluding hydrogens is 338 g/mol. The predicted molar refractivity (Wildman–Crippen MR) is 107 cm³/mol. The summed E-state index contributed by atoms with van der Waals surface area (Å²) in [6, 6.07) is 0.433. The Hall–Kier alpha value is -1.32. The van der Waals surface area contributed by atoms with E-state index < -0.39 is 5.97 Å². The molecule has 0 radical (unpaired) electrons. The lowest BCUT2D eigenvalue weighted by Crippen LogP contribution is -2.30. The molecule has 27 heavy (non-hydrogen) atoms. The van der Waals surface area contributed by atoms with Gasteiger partial charge in [0.25, 0.3) is 0 Å². The van der Waals surface area contributed by atoms with Crippen molar-refractivity contribution in [3.8, 4) is 0 Å². The fourth-order valence-corrected chi connectivity index (χ4v) is 5.58. The van der Waals surface area contributed by atoms with Crippen molar-refractivity contribution in [3.63, 3.8) is 0 Å². The van der Waals surface area contributed by atoms with Gasteiger partial charge in [-0.2, -0.15) is 0 Å². The molecule has 0 saturated heterocycles. The number of hydrogen-bond donors (Lipinski definition) is 1. The molecule has 150 valence electrons. The van der Waals surface area contributed by atoms with E-state index in [1.807, 2.05) is 0 Å². The summed E-state index contributed by atoms with van der Waals surface area (Å²) in [7, 11) is 0. The molecule has 3 fully saturated rings. The van der Waals surface area contributed by atoms with Gasteiger partial charge in [0.15, 0.2) is 5.90 Å². The number of fused-ring (bicyclic) bond motifs is 1. The Bertz CT molecular complexity index is 582. The van der Waals surface area contributed by atoms with Gasteiger partial charge in [0.05, 0.1) is 12.0 Å². The van der Waals surface area contributed by atoms with Crippen molar-refractivity contribution in [1.82, 2.24) is 0 Å². The average Bonchev–Trinajstić information content (AvgIpc) is 3.10. The molecule has 0 amide bonds. The number of carboxylic acids is 1. The molecule has 0 aromatic rings. The normalized spacial score (nSPS) is 42.4. The van der Waals surface area contributed by atoms with Crippen LogP contribution in [0.25, 0.3) is 0 Å². The minimum absolute atomic E-state index is 0.107. The second-order valence-corrected chi connectivity index (χ2v) is 9.56. The zero-order valence-electron chi connectivity index (χ0n) is 16.7. The molecule has 4 heteroatoms. The molecule has 4 aliphatic rings. The topological polar surface area (TPSA) is 58.9 Å². The highest BCUT2D eigenvalue weighted by Crippen LogP contribution is 2.38. The number of rotatable bonds is 4. The smallest absolute Gasteiger partial charge is 0.306 e. The maximum atomic E-state index is 11.1. The Balaban J connectivity index is 1.22. The van der Waals surface area contributed by atoms with Crippen LogP contribution < -0.4 is 0 Å². The standard InChI is InChI=1S/C23H35NO3/c1-15-2-13-21-20(14-15)24-22(27-21)18-9-5-16(6-10-18)3-4-17-7-11-19(12-8-17)23(25)26/h3-4,15-21H,2,5-14H2,1H3,(H,25,26)/b4-3+. The minimum atomic E-state index is -0.609. The van der Waals surface area contributed by atoms with Crippen LogP contribution in [-0.4, -0.2) is 29.1 Å². The summed E-state index contributed by atoms with van der Waals surface area (Å²) >= 11 is 0. The fraction of sp³-hybridized carbons (Fsp3) is 0.826. The van der Waals surface area contributed by atoms with Crippen LogP contribution in [0.3, 0.4) is 0 Å². The summed E-state index contributed by atoms with van der Waals surface area (Å²) in [4.78, 5) is 16.0. The number of carbonyl (C=O) groups is 1. The van der Waals surface area contributed by atoms with Crippen LogP contribution in [0.2, 0.25) is 0 Å². The average molecular weight is 374 g/mol. The highest BCUT2D eigenvalue weighted by atomic mass is 16.5. The zero-order valence-corrected chi connectivity index (χ0v) is 16.7. The lowest BCUT2D eigenvalue weighted by Gasteiger charge is -2.29. The number of hydrogen-bond acceptors (Lipinski definition) is 3. The first-order valence-corrected chi connectivity index (χ1v) is 11.2. The molecule has 4 rings (SSSR count). The lowest BCUT2D eigenvalue weighted by molar-refractivity contribution is -0.142. The molecule has 4 nitrogen and oxygen atoms in total. The third-order valence-corrected chi connectivity index (χ3v) is 7.48. The van der Waals surface area contributed by atoms with Crippen molar-refractivity contribution in [3.05, 3.63) is 12.2 Å². The van der Waals surface area contributed by atoms with Crippen molar-refractivity contribution in [2.75, 3.05) is 0 Å². The zero-order chi connectivity index (χ0) is 18.8. The molecule has 3 saturated carbocycles. The summed E-state index contributed by atoms with van der Waals surface area (Å²) in [6.45, 7) is 2.34. The molecule has 1 N–H and O–H groups in total. The van der Waals surface area contributed by atoms with Crippen molar-refractivity contribution in [2.45, 2.75) is 89.7 Å². The van der Waals surface area contributed by atoms with E-state index in [4.69, 9.17) is 14.8 Å². The first kappa shape index (κ1) is 19.0. The monoisotopic (exact) mass is 373 g/mol. The largest absolute Gasteiger partial charge is 0.481 e. The predicted octanol–water partition coefficient (Wildman–Crippen LogP) is 5.23. The van der Waals surface area contributed by atoms with Crippen molar-refractivity contribution in [2.24, 2.45) is 34.6 Å².